The summed E-state index contributed by atoms with van der Waals surface area (Å²) in [5, 5.41) is 9.97. The molecule has 84 valence electrons. The summed E-state index contributed by atoms with van der Waals surface area (Å²) in [6.07, 6.45) is 1.55. The molecular weight excluding hydrogens is 238 g/mol. The van der Waals surface area contributed by atoms with Crippen LogP contribution >= 0.6 is 11.6 Å². The van der Waals surface area contributed by atoms with E-state index < -0.39 is 0 Å². The van der Waals surface area contributed by atoms with E-state index in [9.17, 15) is 5.11 Å². The molecule has 0 fully saturated rings. The number of rotatable bonds is 1. The lowest BCUT2D eigenvalue weighted by Gasteiger charge is -1.96. The van der Waals surface area contributed by atoms with Gasteiger partial charge in [0.25, 0.3) is 0 Å². The highest BCUT2D eigenvalue weighted by Crippen LogP contribution is 2.23. The predicted octanol–water partition coefficient (Wildman–Crippen LogP) is 2.98. The van der Waals surface area contributed by atoms with Gasteiger partial charge in [0.1, 0.15) is 11.6 Å². The summed E-state index contributed by atoms with van der Waals surface area (Å²) >= 11 is 5.85. The zero-order valence-corrected chi connectivity index (χ0v) is 9.44. The van der Waals surface area contributed by atoms with Crippen molar-refractivity contribution < 1.29 is 5.11 Å². The second-order valence-corrected chi connectivity index (χ2v) is 4.10. The molecule has 4 nitrogen and oxygen atoms in total. The fourth-order valence-corrected chi connectivity index (χ4v) is 1.82. The number of hydrogen-bond donors (Lipinski definition) is 2. The molecule has 0 aliphatic heterocycles. The molecule has 0 aliphatic carbocycles. The second kappa shape index (κ2) is 3.75. The molecule has 0 saturated carbocycles. The van der Waals surface area contributed by atoms with Gasteiger partial charge in [0.2, 0.25) is 0 Å². The molecule has 17 heavy (non-hydrogen) atoms. The molecule has 0 saturated heterocycles. The average molecular weight is 246 g/mol. The van der Waals surface area contributed by atoms with E-state index in [0.29, 0.717) is 16.5 Å². The molecule has 0 unspecified atom stereocenters. The maximum atomic E-state index is 9.41. The van der Waals surface area contributed by atoms with Crippen molar-refractivity contribution in [3.05, 3.63) is 41.6 Å². The van der Waals surface area contributed by atoms with Crippen LogP contribution in [0.1, 0.15) is 0 Å². The first-order valence-electron chi connectivity index (χ1n) is 5.03. The third kappa shape index (κ3) is 1.83. The molecule has 1 aromatic carbocycles. The lowest BCUT2D eigenvalue weighted by atomic mass is 10.2. The molecule has 5 heteroatoms. The monoisotopic (exact) mass is 245 g/mol. The minimum absolute atomic E-state index is 0.203. The number of imidazole rings is 1. The second-order valence-electron chi connectivity index (χ2n) is 3.66. The van der Waals surface area contributed by atoms with Crippen molar-refractivity contribution in [2.75, 3.05) is 0 Å². The normalized spacial score (nSPS) is 10.9. The van der Waals surface area contributed by atoms with E-state index in [1.807, 2.05) is 6.07 Å². The molecule has 0 atom stereocenters. The van der Waals surface area contributed by atoms with Gasteiger partial charge >= 0.3 is 0 Å². The fourth-order valence-electron chi connectivity index (χ4n) is 1.66. The number of H-pyrrole nitrogens is 1. The van der Waals surface area contributed by atoms with Crippen LogP contribution in [0.25, 0.3) is 22.6 Å². The standard InChI is InChI=1S/C12H8ClN3O/c13-8-5-10-12(14-6-8)16-11(15-10)7-2-1-3-9(17)4-7/h1-6,17H,(H,14,15,16). The summed E-state index contributed by atoms with van der Waals surface area (Å²) in [5.74, 6) is 0.861. The molecule has 0 amide bonds. The zero-order chi connectivity index (χ0) is 11.8. The highest BCUT2D eigenvalue weighted by atomic mass is 35.5. The lowest BCUT2D eigenvalue weighted by molar-refractivity contribution is 0.475. The van der Waals surface area contributed by atoms with Gasteiger partial charge in [0.15, 0.2) is 5.65 Å². The summed E-state index contributed by atoms with van der Waals surface area (Å²) in [6, 6.07) is 8.64. The number of fused-ring (bicyclic) bond motifs is 1. The van der Waals surface area contributed by atoms with Crippen LogP contribution in [-0.4, -0.2) is 20.1 Å². The van der Waals surface area contributed by atoms with Gasteiger partial charge < -0.3 is 10.1 Å². The summed E-state index contributed by atoms with van der Waals surface area (Å²) in [5.41, 5.74) is 2.18. The number of phenols is 1. The molecule has 0 spiro atoms. The number of pyridine rings is 1. The van der Waals surface area contributed by atoms with Crippen LogP contribution in [0.5, 0.6) is 5.75 Å². The highest BCUT2D eigenvalue weighted by molar-refractivity contribution is 6.31. The third-order valence-electron chi connectivity index (χ3n) is 2.42. The minimum atomic E-state index is 0.203. The highest BCUT2D eigenvalue weighted by Gasteiger charge is 2.06. The Kier molecular flexibility index (Phi) is 2.23. The molecule has 3 rings (SSSR count). The number of nitrogens with zero attached hydrogens (tertiary/aromatic N) is 2. The van der Waals surface area contributed by atoms with E-state index >= 15 is 0 Å². The first-order chi connectivity index (χ1) is 8.22. The van der Waals surface area contributed by atoms with Crippen molar-refractivity contribution >= 4 is 22.8 Å². The van der Waals surface area contributed by atoms with E-state index in [1.54, 1.807) is 30.5 Å². The van der Waals surface area contributed by atoms with Crippen molar-refractivity contribution in [1.29, 1.82) is 0 Å². The maximum absolute atomic E-state index is 9.41. The Morgan fingerprint density at radius 3 is 2.94 bits per heavy atom. The van der Waals surface area contributed by atoms with Gasteiger partial charge in [-0.3, -0.25) is 0 Å². The summed E-state index contributed by atoms with van der Waals surface area (Å²) in [4.78, 5) is 11.6. The number of phenolic OH excluding ortho intramolecular Hbond substituents is 1. The van der Waals surface area contributed by atoms with Gasteiger partial charge in [-0.1, -0.05) is 23.7 Å². The molecule has 0 bridgehead atoms. The summed E-state index contributed by atoms with van der Waals surface area (Å²) < 4.78 is 0. The number of nitrogens with one attached hydrogen (secondary N) is 1. The first kappa shape index (κ1) is 10.1. The third-order valence-corrected chi connectivity index (χ3v) is 2.63. The van der Waals surface area contributed by atoms with E-state index in [1.165, 1.54) is 0 Å². The van der Waals surface area contributed by atoms with Crippen LogP contribution in [0.15, 0.2) is 36.5 Å². The molecule has 2 aromatic heterocycles. The van der Waals surface area contributed by atoms with Gasteiger partial charge in [0, 0.05) is 11.8 Å². The van der Waals surface area contributed by atoms with Gasteiger partial charge in [-0.2, -0.15) is 0 Å². The maximum Gasteiger partial charge on any atom is 0.178 e. The van der Waals surface area contributed by atoms with Crippen molar-refractivity contribution in [3.63, 3.8) is 0 Å². The number of aromatic nitrogens is 3. The molecular formula is C12H8ClN3O. The van der Waals surface area contributed by atoms with Crippen molar-refractivity contribution in [2.45, 2.75) is 0 Å². The number of hydrogen-bond acceptors (Lipinski definition) is 3. The summed E-state index contributed by atoms with van der Waals surface area (Å²) in [6.45, 7) is 0. The van der Waals surface area contributed by atoms with Gasteiger partial charge in [0.05, 0.1) is 10.5 Å². The Hall–Kier alpha value is -2.07. The van der Waals surface area contributed by atoms with Crippen LogP contribution in [0.2, 0.25) is 5.02 Å². The lowest BCUT2D eigenvalue weighted by Crippen LogP contribution is -1.79. The predicted molar refractivity (Wildman–Crippen MR) is 66.0 cm³/mol. The topological polar surface area (TPSA) is 61.8 Å². The number of aromatic hydroxyl groups is 1. The van der Waals surface area contributed by atoms with Gasteiger partial charge in [-0.15, -0.1) is 0 Å². The SMILES string of the molecule is Oc1cccc(-c2nc3ncc(Cl)cc3[nH]2)c1. The van der Waals surface area contributed by atoms with Crippen molar-refractivity contribution in [1.82, 2.24) is 15.0 Å². The molecule has 0 radical (unpaired) electrons. The molecule has 3 aromatic rings. The van der Waals surface area contributed by atoms with Crippen molar-refractivity contribution in [3.8, 4) is 17.1 Å². The minimum Gasteiger partial charge on any atom is -0.508 e. The number of halogens is 1. The van der Waals surface area contributed by atoms with E-state index in [2.05, 4.69) is 15.0 Å². The zero-order valence-electron chi connectivity index (χ0n) is 8.68. The van der Waals surface area contributed by atoms with E-state index in [4.69, 9.17) is 11.6 Å². The fraction of sp³-hybridized carbons (Fsp3) is 0. The molecule has 2 N–H and O–H groups in total. The Morgan fingerprint density at radius 1 is 1.24 bits per heavy atom. The Labute approximate surface area is 102 Å². The first-order valence-corrected chi connectivity index (χ1v) is 5.41. The van der Waals surface area contributed by atoms with Crippen LogP contribution in [0.4, 0.5) is 0 Å². The van der Waals surface area contributed by atoms with Gasteiger partial charge in [-0.05, 0) is 18.2 Å². The quantitative estimate of drug-likeness (QED) is 0.693. The van der Waals surface area contributed by atoms with Crippen LogP contribution in [-0.2, 0) is 0 Å². The Morgan fingerprint density at radius 2 is 2.12 bits per heavy atom. The van der Waals surface area contributed by atoms with Crippen LogP contribution in [0.3, 0.4) is 0 Å². The largest absolute Gasteiger partial charge is 0.508 e. The molecule has 2 heterocycles. The van der Waals surface area contributed by atoms with E-state index in [0.717, 1.165) is 11.1 Å². The molecule has 0 aliphatic rings. The Bertz CT molecular complexity index is 693. The van der Waals surface area contributed by atoms with Crippen molar-refractivity contribution in [2.24, 2.45) is 0 Å². The van der Waals surface area contributed by atoms with E-state index in [-0.39, 0.29) is 5.75 Å². The number of aromatic amines is 1. The van der Waals surface area contributed by atoms with Gasteiger partial charge in [-0.25, -0.2) is 9.97 Å². The summed E-state index contributed by atoms with van der Waals surface area (Å²) in [7, 11) is 0. The van der Waals surface area contributed by atoms with Crippen LogP contribution < -0.4 is 0 Å². The number of benzene rings is 1. The van der Waals surface area contributed by atoms with Crippen LogP contribution in [0, 0.1) is 0 Å². The Balaban J connectivity index is 2.18. The average Bonchev–Trinajstić information content (AvgIpc) is 2.72. The smallest absolute Gasteiger partial charge is 0.178 e.